The summed E-state index contributed by atoms with van der Waals surface area (Å²) in [4.78, 5) is 24.9. The number of likely N-dealkylation sites (N-methyl/N-ethyl adjacent to an activating group) is 1. The molecule has 0 heterocycles. The van der Waals surface area contributed by atoms with Gasteiger partial charge in [-0.25, -0.2) is 0 Å². The standard InChI is InChI=1S/C15H23N2O3P.2C2H6/c1-5-17(11(2)18)13-8-6-12(7-9-13)10-14(16(3)21)15(19)20-4;2*1-2/h6-9,14H,5,10,21H2,1-4H3;2*1-2H3/t14-;;/m0../s1. The number of nitrogens with zero attached hydrogens (tertiary/aromatic N) is 2. The molecule has 2 atom stereocenters. The second-order valence-corrected chi connectivity index (χ2v) is 5.65. The number of rotatable bonds is 6. The molecular formula is C19H35N2O3P. The third kappa shape index (κ3) is 8.99. The number of amides is 1. The summed E-state index contributed by atoms with van der Waals surface area (Å²) in [5.74, 6) is -0.252. The molecule has 0 saturated heterocycles. The second-order valence-electron chi connectivity index (χ2n) is 4.84. The van der Waals surface area contributed by atoms with E-state index in [9.17, 15) is 9.59 Å². The van der Waals surface area contributed by atoms with E-state index < -0.39 is 0 Å². The Kier molecular flexibility index (Phi) is 15.3. The summed E-state index contributed by atoms with van der Waals surface area (Å²) in [5, 5.41) is 0. The van der Waals surface area contributed by atoms with Gasteiger partial charge in [0.2, 0.25) is 5.91 Å². The average Bonchev–Trinajstić information content (AvgIpc) is 2.63. The van der Waals surface area contributed by atoms with Crippen LogP contribution in [0, 0.1) is 0 Å². The van der Waals surface area contributed by atoms with Crippen molar-refractivity contribution in [1.82, 2.24) is 4.67 Å². The van der Waals surface area contributed by atoms with Crippen LogP contribution in [0.25, 0.3) is 0 Å². The third-order valence-electron chi connectivity index (χ3n) is 3.34. The van der Waals surface area contributed by atoms with Gasteiger partial charge in [0.05, 0.1) is 7.11 Å². The predicted molar refractivity (Wildman–Crippen MR) is 110 cm³/mol. The van der Waals surface area contributed by atoms with Gasteiger partial charge in [-0.15, -0.1) is 0 Å². The predicted octanol–water partition coefficient (Wildman–Crippen LogP) is 3.92. The van der Waals surface area contributed by atoms with Crippen LogP contribution in [-0.4, -0.2) is 43.3 Å². The van der Waals surface area contributed by atoms with Gasteiger partial charge in [-0.1, -0.05) is 49.2 Å². The third-order valence-corrected chi connectivity index (χ3v) is 3.70. The normalized spacial score (nSPS) is 10.6. The molecule has 1 amide bonds. The SMILES string of the molecule is CC.CC.CCN(C(C)=O)c1ccc(C[C@@H](C(=O)OC)N(C)P)cc1. The van der Waals surface area contributed by atoms with Crippen molar-refractivity contribution in [2.24, 2.45) is 0 Å². The largest absolute Gasteiger partial charge is 0.468 e. The first-order valence-corrected chi connectivity index (χ1v) is 9.34. The Morgan fingerprint density at radius 1 is 1.12 bits per heavy atom. The molecule has 0 bridgehead atoms. The fourth-order valence-electron chi connectivity index (χ4n) is 2.15. The van der Waals surface area contributed by atoms with Crippen molar-refractivity contribution < 1.29 is 14.3 Å². The quantitative estimate of drug-likeness (QED) is 0.563. The van der Waals surface area contributed by atoms with Crippen molar-refractivity contribution in [3.8, 4) is 0 Å². The lowest BCUT2D eigenvalue weighted by atomic mass is 10.1. The number of esters is 1. The van der Waals surface area contributed by atoms with Crippen LogP contribution < -0.4 is 4.90 Å². The highest BCUT2D eigenvalue weighted by molar-refractivity contribution is 7.13. The first kappa shape index (κ1) is 25.8. The minimum Gasteiger partial charge on any atom is -0.468 e. The molecule has 6 heteroatoms. The maximum Gasteiger partial charge on any atom is 0.323 e. The fourth-order valence-corrected chi connectivity index (χ4v) is 2.38. The Morgan fingerprint density at radius 2 is 1.60 bits per heavy atom. The van der Waals surface area contributed by atoms with Gasteiger partial charge in [-0.05, 0) is 38.1 Å². The van der Waals surface area contributed by atoms with Gasteiger partial charge in [0.15, 0.2) is 0 Å². The van der Waals surface area contributed by atoms with Crippen molar-refractivity contribution in [3.63, 3.8) is 0 Å². The van der Waals surface area contributed by atoms with Crippen LogP contribution >= 0.6 is 9.39 Å². The van der Waals surface area contributed by atoms with Crippen LogP contribution in [0.1, 0.15) is 47.1 Å². The van der Waals surface area contributed by atoms with Crippen LogP contribution in [-0.2, 0) is 20.7 Å². The number of hydrogen-bond acceptors (Lipinski definition) is 4. The van der Waals surface area contributed by atoms with E-state index in [-0.39, 0.29) is 17.9 Å². The molecule has 0 radical (unpaired) electrons. The summed E-state index contributed by atoms with van der Waals surface area (Å²) < 4.78 is 6.57. The lowest BCUT2D eigenvalue weighted by Crippen LogP contribution is -2.35. The minimum absolute atomic E-state index is 0.0161. The number of benzene rings is 1. The monoisotopic (exact) mass is 370 g/mol. The Hall–Kier alpha value is -1.45. The zero-order valence-corrected chi connectivity index (χ0v) is 18.2. The number of ether oxygens (including phenoxy) is 1. The molecule has 1 aromatic rings. The molecule has 1 rings (SSSR count). The van der Waals surface area contributed by atoms with Crippen molar-refractivity contribution in [2.75, 3.05) is 25.6 Å². The summed E-state index contributed by atoms with van der Waals surface area (Å²) >= 11 is 0. The van der Waals surface area contributed by atoms with Crippen LogP contribution in [0.4, 0.5) is 5.69 Å². The van der Waals surface area contributed by atoms with E-state index in [1.54, 1.807) is 16.5 Å². The minimum atomic E-state index is -0.346. The van der Waals surface area contributed by atoms with E-state index in [2.05, 4.69) is 9.39 Å². The molecule has 0 fully saturated rings. The van der Waals surface area contributed by atoms with Gasteiger partial charge < -0.3 is 9.64 Å². The molecule has 0 aliphatic rings. The number of carbonyl (C=O) groups excluding carboxylic acids is 2. The topological polar surface area (TPSA) is 49.9 Å². The number of anilines is 1. The van der Waals surface area contributed by atoms with Crippen LogP contribution in [0.3, 0.4) is 0 Å². The van der Waals surface area contributed by atoms with Crippen LogP contribution in [0.5, 0.6) is 0 Å². The second kappa shape index (κ2) is 14.9. The molecule has 144 valence electrons. The highest BCUT2D eigenvalue weighted by Crippen LogP contribution is 2.18. The van der Waals surface area contributed by atoms with Crippen molar-refractivity contribution in [2.45, 2.75) is 54.0 Å². The van der Waals surface area contributed by atoms with E-state index in [1.807, 2.05) is 65.9 Å². The van der Waals surface area contributed by atoms with Crippen LogP contribution in [0.15, 0.2) is 24.3 Å². The first-order valence-electron chi connectivity index (χ1n) is 8.83. The summed E-state index contributed by atoms with van der Waals surface area (Å²) in [7, 11) is 5.69. The molecular weight excluding hydrogens is 335 g/mol. The lowest BCUT2D eigenvalue weighted by molar-refractivity contribution is -0.144. The highest BCUT2D eigenvalue weighted by atomic mass is 31.0. The van der Waals surface area contributed by atoms with Gasteiger partial charge >= 0.3 is 5.97 Å². The Morgan fingerprint density at radius 3 is 1.92 bits per heavy atom. The Labute approximate surface area is 156 Å². The average molecular weight is 370 g/mol. The van der Waals surface area contributed by atoms with E-state index in [0.717, 1.165) is 11.3 Å². The molecule has 0 spiro atoms. The Balaban J connectivity index is 0. The maximum atomic E-state index is 11.7. The fraction of sp³-hybridized carbons (Fsp3) is 0.579. The van der Waals surface area contributed by atoms with Gasteiger partial charge in [0, 0.05) is 19.2 Å². The molecule has 0 saturated carbocycles. The summed E-state index contributed by atoms with van der Waals surface area (Å²) in [6.45, 7) is 12.1. The van der Waals surface area contributed by atoms with Crippen LogP contribution in [0.2, 0.25) is 0 Å². The number of carbonyl (C=O) groups is 2. The first-order chi connectivity index (χ1) is 11.9. The zero-order valence-electron chi connectivity index (χ0n) is 17.0. The molecule has 0 N–H and O–H groups in total. The molecule has 5 nitrogen and oxygen atoms in total. The van der Waals surface area contributed by atoms with Gasteiger partial charge in [-0.3, -0.25) is 14.3 Å². The smallest absolute Gasteiger partial charge is 0.323 e. The number of methoxy groups -OCH3 is 1. The van der Waals surface area contributed by atoms with E-state index in [4.69, 9.17) is 4.74 Å². The highest BCUT2D eigenvalue weighted by Gasteiger charge is 2.22. The summed E-state index contributed by atoms with van der Waals surface area (Å²) in [6, 6.07) is 7.33. The van der Waals surface area contributed by atoms with Crippen molar-refractivity contribution in [1.29, 1.82) is 0 Å². The Bertz CT molecular complexity index is 490. The van der Waals surface area contributed by atoms with E-state index in [0.29, 0.717) is 13.0 Å². The molecule has 1 aromatic carbocycles. The van der Waals surface area contributed by atoms with Gasteiger partial charge in [-0.2, -0.15) is 0 Å². The molecule has 0 aromatic heterocycles. The van der Waals surface area contributed by atoms with Gasteiger partial charge in [0.25, 0.3) is 0 Å². The maximum absolute atomic E-state index is 11.7. The van der Waals surface area contributed by atoms with E-state index >= 15 is 0 Å². The zero-order chi connectivity index (χ0) is 20.0. The van der Waals surface area contributed by atoms with Gasteiger partial charge in [0.1, 0.15) is 6.04 Å². The summed E-state index contributed by atoms with van der Waals surface area (Å²) in [6.07, 6.45) is 0.555. The molecule has 0 aliphatic heterocycles. The van der Waals surface area contributed by atoms with E-state index in [1.165, 1.54) is 7.11 Å². The van der Waals surface area contributed by atoms with Crippen molar-refractivity contribution >= 4 is 27.0 Å². The summed E-state index contributed by atoms with van der Waals surface area (Å²) in [5.41, 5.74) is 1.88. The molecule has 25 heavy (non-hydrogen) atoms. The number of hydrogen-bond donors (Lipinski definition) is 0. The molecule has 1 unspecified atom stereocenters. The van der Waals surface area contributed by atoms with Crippen molar-refractivity contribution in [3.05, 3.63) is 29.8 Å². The lowest BCUT2D eigenvalue weighted by Gasteiger charge is -2.22. The molecule has 0 aliphatic carbocycles.